The molecule has 0 aliphatic carbocycles. The highest BCUT2D eigenvalue weighted by Gasteiger charge is 2.38. The Labute approximate surface area is 121 Å². The van der Waals surface area contributed by atoms with Crippen LogP contribution in [-0.2, 0) is 6.18 Å². The van der Waals surface area contributed by atoms with Crippen molar-refractivity contribution in [1.82, 2.24) is 15.3 Å². The van der Waals surface area contributed by atoms with Gasteiger partial charge in [0.15, 0.2) is 0 Å². The Balaban J connectivity index is 1.80. The van der Waals surface area contributed by atoms with E-state index in [2.05, 4.69) is 15.3 Å². The number of nitrogens with zero attached hydrogens (tertiary/aromatic N) is 3. The number of rotatable bonds is 1. The van der Waals surface area contributed by atoms with Gasteiger partial charge in [0.1, 0.15) is 5.69 Å². The van der Waals surface area contributed by atoms with Gasteiger partial charge in [-0.3, -0.25) is 0 Å². The Hall–Kier alpha value is -1.37. The summed E-state index contributed by atoms with van der Waals surface area (Å²) >= 11 is 0. The summed E-state index contributed by atoms with van der Waals surface area (Å²) < 4.78 is 38.3. The summed E-state index contributed by atoms with van der Waals surface area (Å²) in [5.74, 6) is 0.203. The maximum Gasteiger partial charge on any atom is 0.433 e. The van der Waals surface area contributed by atoms with Crippen molar-refractivity contribution in [1.29, 1.82) is 0 Å². The summed E-state index contributed by atoms with van der Waals surface area (Å²) in [6.45, 7) is 3.43. The van der Waals surface area contributed by atoms with Crippen molar-refractivity contribution < 1.29 is 13.2 Å². The van der Waals surface area contributed by atoms with E-state index in [1.54, 1.807) is 0 Å². The average molecular weight is 300 g/mol. The van der Waals surface area contributed by atoms with Gasteiger partial charge >= 0.3 is 6.18 Å². The third kappa shape index (κ3) is 3.12. The topological polar surface area (TPSA) is 41.1 Å². The van der Waals surface area contributed by atoms with E-state index in [4.69, 9.17) is 0 Å². The van der Waals surface area contributed by atoms with Gasteiger partial charge in [-0.2, -0.15) is 13.2 Å². The van der Waals surface area contributed by atoms with Gasteiger partial charge in [0, 0.05) is 31.2 Å². The number of nitrogens with one attached hydrogen (secondary N) is 1. The smallest absolute Gasteiger partial charge is 0.340 e. The summed E-state index contributed by atoms with van der Waals surface area (Å²) in [6, 6.07) is 0.922. The molecule has 1 spiro atoms. The standard InChI is InChI=1S/C14H19F3N4/c15-14(16,17)11-3-7-19-12(20-11)21-8-2-5-13(10-21)4-1-6-18-9-13/h3,7,18H,1-2,4-6,8-10H2. The zero-order valence-corrected chi connectivity index (χ0v) is 11.8. The first-order valence-electron chi connectivity index (χ1n) is 7.35. The van der Waals surface area contributed by atoms with Crippen molar-refractivity contribution in [3.8, 4) is 0 Å². The Morgan fingerprint density at radius 3 is 2.76 bits per heavy atom. The van der Waals surface area contributed by atoms with Crippen molar-refractivity contribution in [3.05, 3.63) is 18.0 Å². The molecule has 0 amide bonds. The zero-order chi connectivity index (χ0) is 14.9. The minimum atomic E-state index is -4.42. The van der Waals surface area contributed by atoms with Crippen LogP contribution in [-0.4, -0.2) is 36.1 Å². The molecule has 7 heteroatoms. The highest BCUT2D eigenvalue weighted by atomic mass is 19.4. The maximum atomic E-state index is 12.8. The van der Waals surface area contributed by atoms with E-state index in [-0.39, 0.29) is 11.4 Å². The van der Waals surface area contributed by atoms with Crippen molar-refractivity contribution in [2.45, 2.75) is 31.9 Å². The van der Waals surface area contributed by atoms with Gasteiger partial charge in [0.2, 0.25) is 5.95 Å². The third-order valence-electron chi connectivity index (χ3n) is 4.44. The minimum Gasteiger partial charge on any atom is -0.340 e. The monoisotopic (exact) mass is 300 g/mol. The normalized spacial score (nSPS) is 27.1. The maximum absolute atomic E-state index is 12.8. The van der Waals surface area contributed by atoms with Gasteiger partial charge in [-0.05, 0) is 38.3 Å². The first-order chi connectivity index (χ1) is 9.99. The van der Waals surface area contributed by atoms with Crippen LogP contribution >= 0.6 is 0 Å². The molecule has 3 rings (SSSR count). The van der Waals surface area contributed by atoms with Crippen LogP contribution in [0.1, 0.15) is 31.4 Å². The Morgan fingerprint density at radius 2 is 2.05 bits per heavy atom. The van der Waals surface area contributed by atoms with Crippen LogP contribution in [0.2, 0.25) is 0 Å². The number of aromatic nitrogens is 2. The molecule has 21 heavy (non-hydrogen) atoms. The molecule has 1 unspecified atom stereocenters. The minimum absolute atomic E-state index is 0.161. The molecule has 1 aromatic rings. The second kappa shape index (κ2) is 5.44. The van der Waals surface area contributed by atoms with E-state index < -0.39 is 11.9 Å². The molecule has 4 nitrogen and oxygen atoms in total. The Bertz CT molecular complexity index is 492. The summed E-state index contributed by atoms with van der Waals surface area (Å²) in [4.78, 5) is 9.67. The number of anilines is 1. The lowest BCUT2D eigenvalue weighted by molar-refractivity contribution is -0.141. The quantitative estimate of drug-likeness (QED) is 0.865. The first-order valence-corrected chi connectivity index (χ1v) is 7.35. The second-order valence-corrected chi connectivity index (χ2v) is 6.05. The fourth-order valence-corrected chi connectivity index (χ4v) is 3.42. The predicted octanol–water partition coefficient (Wildman–Crippen LogP) is 2.47. The Morgan fingerprint density at radius 1 is 1.24 bits per heavy atom. The fraction of sp³-hybridized carbons (Fsp3) is 0.714. The number of halogens is 3. The molecule has 2 aliphatic heterocycles. The van der Waals surface area contributed by atoms with Gasteiger partial charge in [0.05, 0.1) is 0 Å². The van der Waals surface area contributed by atoms with Crippen LogP contribution in [0.15, 0.2) is 12.3 Å². The van der Waals surface area contributed by atoms with Crippen LogP contribution in [0.5, 0.6) is 0 Å². The summed E-state index contributed by atoms with van der Waals surface area (Å²) in [5.41, 5.74) is -0.706. The van der Waals surface area contributed by atoms with Gasteiger partial charge in [-0.25, -0.2) is 9.97 Å². The summed E-state index contributed by atoms with van der Waals surface area (Å²) in [7, 11) is 0. The van der Waals surface area contributed by atoms with E-state index in [1.165, 1.54) is 6.20 Å². The number of hydrogen-bond donors (Lipinski definition) is 1. The SMILES string of the molecule is FC(F)(F)c1ccnc(N2CCCC3(CCCNC3)C2)n1. The van der Waals surface area contributed by atoms with E-state index in [1.807, 2.05) is 4.90 Å². The molecule has 1 N–H and O–H groups in total. The summed E-state index contributed by atoms with van der Waals surface area (Å²) in [6.07, 6.45) is 1.12. The third-order valence-corrected chi connectivity index (χ3v) is 4.44. The molecule has 2 saturated heterocycles. The van der Waals surface area contributed by atoms with Gasteiger partial charge in [-0.15, -0.1) is 0 Å². The lowest BCUT2D eigenvalue weighted by Crippen LogP contribution is -2.51. The second-order valence-electron chi connectivity index (χ2n) is 6.05. The molecule has 0 radical (unpaired) electrons. The van der Waals surface area contributed by atoms with Crippen molar-refractivity contribution in [2.75, 3.05) is 31.1 Å². The molecule has 0 bridgehead atoms. The molecule has 1 atom stereocenters. The van der Waals surface area contributed by atoms with Gasteiger partial charge < -0.3 is 10.2 Å². The van der Waals surface area contributed by atoms with Crippen molar-refractivity contribution >= 4 is 5.95 Å². The molecule has 1 aromatic heterocycles. The molecule has 2 aliphatic rings. The first kappa shape index (κ1) is 14.6. The molecule has 0 aromatic carbocycles. The Kier molecular flexibility index (Phi) is 3.77. The van der Waals surface area contributed by atoms with Crippen molar-refractivity contribution in [3.63, 3.8) is 0 Å². The largest absolute Gasteiger partial charge is 0.433 e. The highest BCUT2D eigenvalue weighted by molar-refractivity contribution is 5.32. The number of hydrogen-bond acceptors (Lipinski definition) is 4. The summed E-state index contributed by atoms with van der Waals surface area (Å²) in [5, 5.41) is 3.41. The molecule has 116 valence electrons. The average Bonchev–Trinajstić information content (AvgIpc) is 2.47. The molecular weight excluding hydrogens is 281 g/mol. The van der Waals surface area contributed by atoms with E-state index in [9.17, 15) is 13.2 Å². The molecule has 0 saturated carbocycles. The predicted molar refractivity (Wildman–Crippen MR) is 73.0 cm³/mol. The van der Waals surface area contributed by atoms with E-state index >= 15 is 0 Å². The van der Waals surface area contributed by atoms with E-state index in [0.29, 0.717) is 0 Å². The van der Waals surface area contributed by atoms with Crippen LogP contribution in [0.3, 0.4) is 0 Å². The lowest BCUT2D eigenvalue weighted by atomic mass is 9.74. The zero-order valence-electron chi connectivity index (χ0n) is 11.8. The molecule has 2 fully saturated rings. The van der Waals surface area contributed by atoms with Crippen LogP contribution in [0, 0.1) is 5.41 Å². The van der Waals surface area contributed by atoms with Gasteiger partial charge in [0.25, 0.3) is 0 Å². The molecule has 3 heterocycles. The van der Waals surface area contributed by atoms with Crippen LogP contribution in [0.4, 0.5) is 19.1 Å². The lowest BCUT2D eigenvalue weighted by Gasteiger charge is -2.45. The molecular formula is C14H19F3N4. The fourth-order valence-electron chi connectivity index (χ4n) is 3.42. The number of piperidine rings is 2. The van der Waals surface area contributed by atoms with Crippen LogP contribution in [0.25, 0.3) is 0 Å². The number of alkyl halides is 3. The van der Waals surface area contributed by atoms with Crippen LogP contribution < -0.4 is 10.2 Å². The van der Waals surface area contributed by atoms with Crippen molar-refractivity contribution in [2.24, 2.45) is 5.41 Å². The van der Waals surface area contributed by atoms with Gasteiger partial charge in [-0.1, -0.05) is 0 Å². The van der Waals surface area contributed by atoms with E-state index in [0.717, 1.165) is 57.9 Å². The highest BCUT2D eigenvalue weighted by Crippen LogP contribution is 2.37.